The number of hydrogen-bond acceptors (Lipinski definition) is 8. The fourth-order valence-corrected chi connectivity index (χ4v) is 3.53. The highest BCUT2D eigenvalue weighted by atomic mass is 32.1. The van der Waals surface area contributed by atoms with Gasteiger partial charge in [-0.2, -0.15) is 9.61 Å². The van der Waals surface area contributed by atoms with E-state index in [2.05, 4.69) is 20.2 Å². The number of benzene rings is 1. The molecule has 2 aromatic heterocycles. The highest BCUT2D eigenvalue weighted by Crippen LogP contribution is 2.32. The Morgan fingerprint density at radius 3 is 2.83 bits per heavy atom. The second-order valence-corrected chi connectivity index (χ2v) is 6.34. The first-order valence-corrected chi connectivity index (χ1v) is 8.29. The van der Waals surface area contributed by atoms with E-state index in [0.29, 0.717) is 35.3 Å². The summed E-state index contributed by atoms with van der Waals surface area (Å²) < 4.78 is 7.01. The monoisotopic (exact) mass is 346 g/mol. The number of morpholine rings is 1. The SMILES string of the molecule is O=[N+]([O-])c1ccccc1-c1nn2c(CN3CCOCC3)nnc2s1. The topological polar surface area (TPSA) is 98.7 Å². The maximum absolute atomic E-state index is 11.2. The van der Waals surface area contributed by atoms with Crippen LogP contribution in [-0.4, -0.2) is 55.9 Å². The van der Waals surface area contributed by atoms with Crippen molar-refractivity contribution in [1.29, 1.82) is 0 Å². The van der Waals surface area contributed by atoms with E-state index >= 15 is 0 Å². The van der Waals surface area contributed by atoms with Gasteiger partial charge in [-0.05, 0) is 6.07 Å². The van der Waals surface area contributed by atoms with Gasteiger partial charge in [0.15, 0.2) is 10.8 Å². The van der Waals surface area contributed by atoms with E-state index in [1.165, 1.54) is 17.4 Å². The minimum Gasteiger partial charge on any atom is -0.379 e. The predicted octanol–water partition coefficient (Wildman–Crippen LogP) is 1.59. The molecule has 0 unspecified atom stereocenters. The minimum absolute atomic E-state index is 0.0391. The summed E-state index contributed by atoms with van der Waals surface area (Å²) in [6.07, 6.45) is 0. The molecule has 3 heterocycles. The van der Waals surface area contributed by atoms with Crippen molar-refractivity contribution in [2.24, 2.45) is 0 Å². The zero-order chi connectivity index (χ0) is 16.5. The van der Waals surface area contributed by atoms with Crippen molar-refractivity contribution in [1.82, 2.24) is 24.7 Å². The van der Waals surface area contributed by atoms with Gasteiger partial charge in [0.25, 0.3) is 5.69 Å². The summed E-state index contributed by atoms with van der Waals surface area (Å²) in [6, 6.07) is 6.59. The van der Waals surface area contributed by atoms with Gasteiger partial charge < -0.3 is 4.74 Å². The molecular formula is C14H14N6O3S. The molecule has 0 N–H and O–H groups in total. The molecule has 1 aromatic carbocycles. The predicted molar refractivity (Wildman–Crippen MR) is 86.8 cm³/mol. The molecular weight excluding hydrogens is 332 g/mol. The molecule has 0 atom stereocenters. The number of fused-ring (bicyclic) bond motifs is 1. The lowest BCUT2D eigenvalue weighted by atomic mass is 10.2. The van der Waals surface area contributed by atoms with Gasteiger partial charge in [0, 0.05) is 19.2 Å². The summed E-state index contributed by atoms with van der Waals surface area (Å²) in [7, 11) is 0. The molecule has 0 bridgehead atoms. The molecule has 1 fully saturated rings. The second kappa shape index (κ2) is 6.23. The van der Waals surface area contributed by atoms with Gasteiger partial charge in [-0.25, -0.2) is 0 Å². The van der Waals surface area contributed by atoms with E-state index in [1.54, 1.807) is 22.7 Å². The quantitative estimate of drug-likeness (QED) is 0.522. The molecule has 4 rings (SSSR count). The van der Waals surface area contributed by atoms with Crippen LogP contribution in [0.2, 0.25) is 0 Å². The Morgan fingerprint density at radius 1 is 1.25 bits per heavy atom. The first-order valence-electron chi connectivity index (χ1n) is 7.47. The van der Waals surface area contributed by atoms with Gasteiger partial charge in [0.05, 0.1) is 30.2 Å². The van der Waals surface area contributed by atoms with Crippen LogP contribution in [0.15, 0.2) is 24.3 Å². The lowest BCUT2D eigenvalue weighted by molar-refractivity contribution is -0.384. The van der Waals surface area contributed by atoms with Crippen molar-refractivity contribution >= 4 is 22.0 Å². The Bertz CT molecular complexity index is 886. The number of hydrogen-bond donors (Lipinski definition) is 0. The summed E-state index contributed by atoms with van der Waals surface area (Å²) >= 11 is 1.30. The zero-order valence-electron chi connectivity index (χ0n) is 12.7. The molecule has 24 heavy (non-hydrogen) atoms. The number of nitro benzene ring substituents is 1. The van der Waals surface area contributed by atoms with Gasteiger partial charge in [0.1, 0.15) is 0 Å². The zero-order valence-corrected chi connectivity index (χ0v) is 13.5. The third kappa shape index (κ3) is 2.75. The highest BCUT2D eigenvalue weighted by molar-refractivity contribution is 7.19. The van der Waals surface area contributed by atoms with Crippen LogP contribution in [-0.2, 0) is 11.3 Å². The Labute approximate surface area is 140 Å². The largest absolute Gasteiger partial charge is 0.379 e. The van der Waals surface area contributed by atoms with Crippen LogP contribution in [0.1, 0.15) is 5.82 Å². The maximum Gasteiger partial charge on any atom is 0.279 e. The van der Waals surface area contributed by atoms with Crippen molar-refractivity contribution < 1.29 is 9.66 Å². The fourth-order valence-electron chi connectivity index (χ4n) is 2.64. The van der Waals surface area contributed by atoms with Crippen LogP contribution in [0.4, 0.5) is 5.69 Å². The van der Waals surface area contributed by atoms with E-state index in [1.807, 2.05) is 0 Å². The number of ether oxygens (including phenoxy) is 1. The van der Waals surface area contributed by atoms with Crippen molar-refractivity contribution in [2.75, 3.05) is 26.3 Å². The lowest BCUT2D eigenvalue weighted by Crippen LogP contribution is -2.36. The van der Waals surface area contributed by atoms with E-state index in [4.69, 9.17) is 4.74 Å². The van der Waals surface area contributed by atoms with Gasteiger partial charge in [0.2, 0.25) is 4.96 Å². The molecule has 0 amide bonds. The molecule has 1 aliphatic heterocycles. The van der Waals surface area contributed by atoms with Gasteiger partial charge in [-0.1, -0.05) is 23.5 Å². The average molecular weight is 346 g/mol. The first kappa shape index (κ1) is 15.1. The summed E-state index contributed by atoms with van der Waals surface area (Å²) in [6.45, 7) is 3.73. The smallest absolute Gasteiger partial charge is 0.279 e. The van der Waals surface area contributed by atoms with E-state index in [-0.39, 0.29) is 5.69 Å². The highest BCUT2D eigenvalue weighted by Gasteiger charge is 2.21. The molecule has 1 saturated heterocycles. The molecule has 0 saturated carbocycles. The third-order valence-corrected chi connectivity index (χ3v) is 4.79. The average Bonchev–Trinajstić information content (AvgIpc) is 3.18. The molecule has 124 valence electrons. The Hall–Kier alpha value is -2.43. The summed E-state index contributed by atoms with van der Waals surface area (Å²) in [5.41, 5.74) is 0.535. The van der Waals surface area contributed by atoms with Crippen LogP contribution < -0.4 is 0 Å². The third-order valence-electron chi connectivity index (χ3n) is 3.86. The molecule has 0 aliphatic carbocycles. The van der Waals surface area contributed by atoms with Gasteiger partial charge in [-0.3, -0.25) is 15.0 Å². The number of nitro groups is 1. The van der Waals surface area contributed by atoms with Crippen LogP contribution in [0.25, 0.3) is 15.5 Å². The van der Waals surface area contributed by atoms with Crippen LogP contribution >= 0.6 is 11.3 Å². The molecule has 10 heteroatoms. The summed E-state index contributed by atoms with van der Waals surface area (Å²) in [5, 5.41) is 24.6. The van der Waals surface area contributed by atoms with Crippen molar-refractivity contribution in [3.63, 3.8) is 0 Å². The minimum atomic E-state index is -0.396. The molecule has 0 spiro atoms. The van der Waals surface area contributed by atoms with Crippen LogP contribution in [0.5, 0.6) is 0 Å². The fraction of sp³-hybridized carbons (Fsp3) is 0.357. The summed E-state index contributed by atoms with van der Waals surface area (Å²) in [5.74, 6) is 0.730. The van der Waals surface area contributed by atoms with Crippen LogP contribution in [0, 0.1) is 10.1 Å². The Balaban J connectivity index is 1.68. The molecule has 9 nitrogen and oxygen atoms in total. The van der Waals surface area contributed by atoms with Gasteiger partial charge in [-0.15, -0.1) is 10.2 Å². The van der Waals surface area contributed by atoms with Gasteiger partial charge >= 0.3 is 0 Å². The second-order valence-electron chi connectivity index (χ2n) is 5.38. The van der Waals surface area contributed by atoms with Crippen molar-refractivity contribution in [3.05, 3.63) is 40.2 Å². The number of para-hydroxylation sites is 1. The Morgan fingerprint density at radius 2 is 2.04 bits per heavy atom. The summed E-state index contributed by atoms with van der Waals surface area (Å²) in [4.78, 5) is 13.7. The normalized spacial score (nSPS) is 15.8. The van der Waals surface area contributed by atoms with Crippen molar-refractivity contribution in [2.45, 2.75) is 6.54 Å². The number of rotatable bonds is 4. The number of nitrogens with zero attached hydrogens (tertiary/aromatic N) is 6. The standard InChI is InChI=1S/C14H14N6O3S/c21-20(22)11-4-2-1-3-10(11)13-17-19-12(15-16-14(19)24-13)9-18-5-7-23-8-6-18/h1-4H,5-9H2. The maximum atomic E-state index is 11.2. The van der Waals surface area contributed by atoms with E-state index in [0.717, 1.165) is 18.9 Å². The van der Waals surface area contributed by atoms with E-state index in [9.17, 15) is 10.1 Å². The molecule has 0 radical (unpaired) electrons. The van der Waals surface area contributed by atoms with E-state index < -0.39 is 4.92 Å². The lowest BCUT2D eigenvalue weighted by Gasteiger charge is -2.25. The molecule has 1 aliphatic rings. The Kier molecular flexibility index (Phi) is 3.92. The number of aromatic nitrogens is 4. The first-order chi connectivity index (χ1) is 11.7. The van der Waals surface area contributed by atoms with Crippen molar-refractivity contribution in [3.8, 4) is 10.6 Å². The molecule has 3 aromatic rings. The van der Waals surface area contributed by atoms with Crippen LogP contribution in [0.3, 0.4) is 0 Å².